The average molecular weight is 488 g/mol. The van der Waals surface area contributed by atoms with Crippen molar-refractivity contribution in [1.29, 1.82) is 0 Å². The summed E-state index contributed by atoms with van der Waals surface area (Å²) >= 11 is -2.50. The fraction of sp³-hybridized carbons (Fsp3) is 0.0690. The van der Waals surface area contributed by atoms with Crippen molar-refractivity contribution in [3.05, 3.63) is 126 Å². The van der Waals surface area contributed by atoms with Crippen LogP contribution in [0.1, 0.15) is 16.7 Å². The van der Waals surface area contributed by atoms with Gasteiger partial charge in [0, 0.05) is 0 Å². The first kappa shape index (κ1) is 23.6. The van der Waals surface area contributed by atoms with E-state index in [4.69, 9.17) is 0 Å². The number of rotatable bonds is 2. The molecule has 6 rings (SSSR count). The summed E-state index contributed by atoms with van der Waals surface area (Å²) in [7, 11) is 0.754. The molecular formula is C29H23F2PTi-2. The van der Waals surface area contributed by atoms with Gasteiger partial charge in [-0.15, -0.1) is 60.1 Å². The molecule has 0 N–H and O–H groups in total. The molecule has 0 radical (unpaired) electrons. The van der Waals surface area contributed by atoms with Crippen LogP contribution in [-0.2, 0) is 26.6 Å². The second-order valence-electron chi connectivity index (χ2n) is 7.75. The molecule has 4 heteroatoms. The van der Waals surface area contributed by atoms with Crippen LogP contribution in [0.4, 0.5) is 6.18 Å². The molecule has 1 aliphatic carbocycles. The molecule has 0 aromatic heterocycles. The largest absolute Gasteiger partial charge is 0.179 e. The predicted molar refractivity (Wildman–Crippen MR) is 134 cm³/mol. The first-order chi connectivity index (χ1) is 16.2. The zero-order valence-corrected chi connectivity index (χ0v) is 20.8. The monoisotopic (exact) mass is 488 g/mol. The van der Waals surface area contributed by atoms with Crippen LogP contribution < -0.4 is 10.6 Å². The van der Waals surface area contributed by atoms with E-state index in [2.05, 4.69) is 110 Å². The maximum absolute atomic E-state index is 9.75. The number of fused-ring (bicyclic) bond motifs is 4. The van der Waals surface area contributed by atoms with Crippen LogP contribution in [0.15, 0.2) is 103 Å². The Morgan fingerprint density at radius 1 is 0.818 bits per heavy atom. The third-order valence-corrected chi connectivity index (χ3v) is 7.19. The maximum Gasteiger partial charge on any atom is -0.0253 e. The molecule has 0 saturated heterocycles. The van der Waals surface area contributed by atoms with Crippen molar-refractivity contribution >= 4 is 30.0 Å². The summed E-state index contributed by atoms with van der Waals surface area (Å²) in [4.78, 5) is 0. The number of aryl methyl sites for hydroxylation is 1. The molecule has 0 saturated carbocycles. The predicted octanol–water partition coefficient (Wildman–Crippen LogP) is 7.39. The quantitative estimate of drug-likeness (QED) is 0.135. The van der Waals surface area contributed by atoms with Crippen molar-refractivity contribution in [3.63, 3.8) is 0 Å². The Kier molecular flexibility index (Phi) is 8.29. The van der Waals surface area contributed by atoms with Crippen molar-refractivity contribution in [3.8, 4) is 11.1 Å². The minimum absolute atomic E-state index is 0.754. The SMILES string of the molecule is Cc1[cH-]c2ccccc2c1Pc1ccccc1.[F][Ti][F].[c-]1cccc2c1Cc1ccccc1-2. The zero-order valence-electron chi connectivity index (χ0n) is 18.3. The van der Waals surface area contributed by atoms with E-state index < -0.39 is 20.2 Å². The van der Waals surface area contributed by atoms with Crippen molar-refractivity contribution in [2.45, 2.75) is 13.3 Å². The summed E-state index contributed by atoms with van der Waals surface area (Å²) in [6, 6.07) is 39.8. The molecule has 33 heavy (non-hydrogen) atoms. The van der Waals surface area contributed by atoms with Gasteiger partial charge in [0.2, 0.25) is 0 Å². The Labute approximate surface area is 206 Å². The van der Waals surface area contributed by atoms with Gasteiger partial charge in [0.05, 0.1) is 0 Å². The van der Waals surface area contributed by atoms with Gasteiger partial charge >= 0.3 is 26.4 Å². The summed E-state index contributed by atoms with van der Waals surface area (Å²) in [6.07, 6.45) is 1.05. The normalized spacial score (nSPS) is 11.2. The smallest absolute Gasteiger partial charge is 0.0253 e. The molecule has 0 nitrogen and oxygen atoms in total. The second kappa shape index (κ2) is 11.6. The Morgan fingerprint density at radius 3 is 2.30 bits per heavy atom. The van der Waals surface area contributed by atoms with Crippen LogP contribution in [-0.4, -0.2) is 0 Å². The molecule has 0 fully saturated rings. The number of hydrogen-bond donors (Lipinski definition) is 0. The van der Waals surface area contributed by atoms with E-state index in [0.29, 0.717) is 0 Å². The van der Waals surface area contributed by atoms with E-state index in [1.165, 1.54) is 49.2 Å². The van der Waals surface area contributed by atoms with E-state index in [9.17, 15) is 6.18 Å². The Balaban J connectivity index is 0.000000144. The molecule has 0 bridgehead atoms. The van der Waals surface area contributed by atoms with Crippen LogP contribution in [0.5, 0.6) is 0 Å². The van der Waals surface area contributed by atoms with Crippen LogP contribution in [0, 0.1) is 13.0 Å². The van der Waals surface area contributed by atoms with E-state index in [1.807, 2.05) is 6.07 Å². The topological polar surface area (TPSA) is 0 Å². The third kappa shape index (κ3) is 5.71. The van der Waals surface area contributed by atoms with Crippen LogP contribution in [0.3, 0.4) is 0 Å². The maximum atomic E-state index is 9.75. The number of benzene rings is 4. The summed E-state index contributed by atoms with van der Waals surface area (Å²) in [5, 5.41) is 5.68. The van der Waals surface area contributed by atoms with Crippen molar-refractivity contribution < 1.29 is 26.4 Å². The molecule has 5 aromatic carbocycles. The van der Waals surface area contributed by atoms with Crippen LogP contribution in [0.2, 0.25) is 0 Å². The minimum Gasteiger partial charge on any atom is -0.179 e. The van der Waals surface area contributed by atoms with Gasteiger partial charge in [-0.2, -0.15) is 29.8 Å². The minimum atomic E-state index is -2.50. The molecule has 5 aromatic rings. The van der Waals surface area contributed by atoms with Gasteiger partial charge in [-0.3, -0.25) is 0 Å². The average Bonchev–Trinajstić information content (AvgIpc) is 3.38. The Bertz CT molecular complexity index is 1280. The molecule has 0 heterocycles. The molecule has 1 atom stereocenters. The van der Waals surface area contributed by atoms with Gasteiger partial charge in [0.25, 0.3) is 0 Å². The van der Waals surface area contributed by atoms with Crippen LogP contribution >= 0.6 is 8.58 Å². The first-order valence-corrected chi connectivity index (χ1v) is 12.9. The van der Waals surface area contributed by atoms with Crippen molar-refractivity contribution in [1.82, 2.24) is 0 Å². The summed E-state index contributed by atoms with van der Waals surface area (Å²) in [6.45, 7) is 2.21. The van der Waals surface area contributed by atoms with E-state index in [0.717, 1.165) is 15.0 Å². The Hall–Kier alpha value is -2.51. The van der Waals surface area contributed by atoms with Gasteiger partial charge in [-0.25, -0.2) is 0 Å². The summed E-state index contributed by atoms with van der Waals surface area (Å²) in [5.41, 5.74) is 6.92. The van der Waals surface area contributed by atoms with Gasteiger partial charge in [-0.05, 0) is 11.7 Å². The zero-order chi connectivity index (χ0) is 23.0. The molecule has 0 aliphatic heterocycles. The van der Waals surface area contributed by atoms with Crippen LogP contribution in [0.25, 0.3) is 21.9 Å². The van der Waals surface area contributed by atoms with Gasteiger partial charge in [-0.1, -0.05) is 78.7 Å². The van der Waals surface area contributed by atoms with Crippen molar-refractivity contribution in [2.75, 3.05) is 0 Å². The molecule has 164 valence electrons. The molecule has 1 unspecified atom stereocenters. The molecule has 0 amide bonds. The van der Waals surface area contributed by atoms with Crippen molar-refractivity contribution in [2.24, 2.45) is 0 Å². The summed E-state index contributed by atoms with van der Waals surface area (Å²) in [5.74, 6) is 0. The molecular weight excluding hydrogens is 465 g/mol. The van der Waals surface area contributed by atoms with E-state index in [-0.39, 0.29) is 0 Å². The summed E-state index contributed by atoms with van der Waals surface area (Å²) < 4.78 is 19.5. The fourth-order valence-electron chi connectivity index (χ4n) is 4.20. The van der Waals surface area contributed by atoms with Gasteiger partial charge in [0.15, 0.2) is 0 Å². The number of hydrogen-bond acceptors (Lipinski definition) is 0. The molecule has 0 spiro atoms. The molecule has 1 aliphatic rings. The second-order valence-corrected chi connectivity index (χ2v) is 9.30. The number of halogens is 2. The van der Waals surface area contributed by atoms with E-state index in [1.54, 1.807) is 0 Å². The van der Waals surface area contributed by atoms with E-state index >= 15 is 0 Å². The first-order valence-electron chi connectivity index (χ1n) is 10.7. The fourth-order valence-corrected chi connectivity index (χ4v) is 5.48. The van der Waals surface area contributed by atoms with Gasteiger partial charge < -0.3 is 0 Å². The third-order valence-electron chi connectivity index (χ3n) is 5.66. The Morgan fingerprint density at radius 2 is 1.48 bits per heavy atom. The standard InChI is InChI=1S/C16H14P.C13H9.2FH.Ti/c1-12-11-13-7-5-6-10-15(13)16(12)17-14-8-3-2-4-9-14;1-3-7-12-10(5-1)9-11-6-2-4-8-13(11)12;;;/h2-11,17H,1H3;1-5,7-8H,9H2;2*1H;/q2*-1;;;+2/p-2. The van der Waals surface area contributed by atoms with Gasteiger partial charge in [0.1, 0.15) is 0 Å².